The lowest BCUT2D eigenvalue weighted by molar-refractivity contribution is 0.669. The molecule has 14 aromatic rings. The summed E-state index contributed by atoms with van der Waals surface area (Å²) < 4.78 is 13.5. The minimum Gasteiger partial charge on any atom is -0.456 e. The molecule has 6 nitrogen and oxygen atoms in total. The van der Waals surface area contributed by atoms with Crippen LogP contribution in [0.4, 0.5) is 0 Å². The minimum atomic E-state index is 0.599. The molecule has 0 aliphatic rings. The second kappa shape index (κ2) is 13.6. The fraction of sp³-hybridized carbons (Fsp3) is 0. The predicted octanol–water partition coefficient (Wildman–Crippen LogP) is 15.3. The van der Waals surface area contributed by atoms with Crippen LogP contribution in [0.2, 0.25) is 0 Å². The van der Waals surface area contributed by atoms with Gasteiger partial charge in [-0.25, -0.2) is 15.0 Å². The van der Waals surface area contributed by atoms with Gasteiger partial charge in [-0.05, 0) is 72.8 Å². The summed E-state index contributed by atoms with van der Waals surface area (Å²) >= 11 is 1.79. The van der Waals surface area contributed by atoms with Crippen LogP contribution in [0, 0.1) is 0 Å². The van der Waals surface area contributed by atoms with Crippen molar-refractivity contribution in [1.82, 2.24) is 24.1 Å². The van der Waals surface area contributed by atoms with Crippen LogP contribution in [0.25, 0.3) is 131 Å². The number of thiophene rings is 1. The van der Waals surface area contributed by atoms with Crippen LogP contribution < -0.4 is 0 Å². The standard InChI is InChI=1S/C57H33N5OS/c1-2-15-35(16-3-1)61-44-24-8-4-17-36(44)38-21-12-27-47(54(38)61)62-45-25-9-5-19-39(45)52-41(22-13-26-46(52)62)56-58-55(34-31-32-49-43(33-34)37-18-6-10-28-48(37)63-49)59-57(60-56)42-23-14-30-51-53(42)40-20-7-11-29-50(40)64-51/h1-33H. The molecule has 0 spiro atoms. The largest absolute Gasteiger partial charge is 0.456 e. The first-order chi connectivity index (χ1) is 31.7. The molecule has 298 valence electrons. The summed E-state index contributed by atoms with van der Waals surface area (Å²) in [7, 11) is 0. The topological polar surface area (TPSA) is 61.7 Å². The molecule has 64 heavy (non-hydrogen) atoms. The molecule has 14 rings (SSSR count). The number of fused-ring (bicyclic) bond motifs is 12. The maximum absolute atomic E-state index is 6.26. The zero-order valence-electron chi connectivity index (χ0n) is 34.1. The van der Waals surface area contributed by atoms with Crippen LogP contribution in [-0.4, -0.2) is 24.1 Å². The molecular formula is C57H33N5OS. The van der Waals surface area contributed by atoms with Gasteiger partial charge in [-0.3, -0.25) is 0 Å². The third kappa shape index (κ3) is 5.10. The highest BCUT2D eigenvalue weighted by Crippen LogP contribution is 2.44. The molecule has 0 saturated heterocycles. The number of furan rings is 1. The Balaban J connectivity index is 1.06. The van der Waals surface area contributed by atoms with Crippen LogP contribution in [0.15, 0.2) is 205 Å². The molecule has 0 amide bonds. The van der Waals surface area contributed by atoms with E-state index in [1.807, 2.05) is 24.3 Å². The Labute approximate surface area is 369 Å². The second-order valence-corrected chi connectivity index (χ2v) is 17.4. The summed E-state index contributed by atoms with van der Waals surface area (Å²) in [5.74, 6) is 1.84. The van der Waals surface area contributed by atoms with E-state index in [0.717, 1.165) is 88.2 Å². The highest BCUT2D eigenvalue weighted by molar-refractivity contribution is 7.25. The predicted molar refractivity (Wildman–Crippen MR) is 265 cm³/mol. The monoisotopic (exact) mass is 835 g/mol. The van der Waals surface area contributed by atoms with E-state index >= 15 is 0 Å². The van der Waals surface area contributed by atoms with Crippen LogP contribution >= 0.6 is 11.3 Å². The SMILES string of the molecule is c1ccc(-n2c3ccccc3c3cccc(-n4c5ccccc5c5c(-c6nc(-c7ccc8oc9ccccc9c8c7)nc(-c7cccc8sc9ccccc9c78)n6)cccc54)c32)cc1. The molecule has 0 unspecified atom stereocenters. The van der Waals surface area contributed by atoms with Crippen molar-refractivity contribution in [1.29, 1.82) is 0 Å². The average molecular weight is 836 g/mol. The quantitative estimate of drug-likeness (QED) is 0.173. The summed E-state index contributed by atoms with van der Waals surface area (Å²) in [4.78, 5) is 16.2. The van der Waals surface area contributed by atoms with Crippen molar-refractivity contribution in [2.45, 2.75) is 0 Å². The Bertz CT molecular complexity index is 4210. The number of hydrogen-bond acceptors (Lipinski definition) is 5. The Hall–Kier alpha value is -8.39. The summed E-state index contributed by atoms with van der Waals surface area (Å²) in [6.45, 7) is 0. The molecule has 0 atom stereocenters. The number of para-hydroxylation sites is 5. The lowest BCUT2D eigenvalue weighted by atomic mass is 10.0. The Kier molecular flexibility index (Phi) is 7.46. The van der Waals surface area contributed by atoms with Gasteiger partial charge in [0.2, 0.25) is 0 Å². The first-order valence-corrected chi connectivity index (χ1v) is 22.3. The number of rotatable bonds is 5. The van der Waals surface area contributed by atoms with Crippen LogP contribution in [0.1, 0.15) is 0 Å². The molecule has 0 radical (unpaired) electrons. The second-order valence-electron chi connectivity index (χ2n) is 16.3. The number of benzene rings is 9. The summed E-state index contributed by atoms with van der Waals surface area (Å²) in [6.07, 6.45) is 0. The van der Waals surface area contributed by atoms with E-state index in [1.54, 1.807) is 11.3 Å². The Morgan fingerprint density at radius 1 is 0.375 bits per heavy atom. The first-order valence-electron chi connectivity index (χ1n) is 21.4. The van der Waals surface area contributed by atoms with Crippen molar-refractivity contribution in [2.24, 2.45) is 0 Å². The molecule has 9 aromatic carbocycles. The number of nitrogens with zero attached hydrogens (tertiary/aromatic N) is 5. The van der Waals surface area contributed by atoms with Gasteiger partial charge in [-0.15, -0.1) is 11.3 Å². The zero-order chi connectivity index (χ0) is 41.9. The highest BCUT2D eigenvalue weighted by Gasteiger charge is 2.24. The summed E-state index contributed by atoms with van der Waals surface area (Å²) in [6, 6.07) is 70.8. The maximum Gasteiger partial charge on any atom is 0.164 e. The van der Waals surface area contributed by atoms with Gasteiger partial charge in [0.15, 0.2) is 17.5 Å². The Morgan fingerprint density at radius 2 is 0.969 bits per heavy atom. The molecule has 0 fully saturated rings. The van der Waals surface area contributed by atoms with Gasteiger partial charge in [0.05, 0.1) is 27.8 Å². The van der Waals surface area contributed by atoms with Gasteiger partial charge in [0.1, 0.15) is 11.2 Å². The number of aromatic nitrogens is 5. The van der Waals surface area contributed by atoms with Crippen LogP contribution in [-0.2, 0) is 0 Å². The highest BCUT2D eigenvalue weighted by atomic mass is 32.1. The van der Waals surface area contributed by atoms with Crippen LogP contribution in [0.3, 0.4) is 0 Å². The lowest BCUT2D eigenvalue weighted by Crippen LogP contribution is -2.01. The van der Waals surface area contributed by atoms with E-state index in [1.165, 1.54) is 25.6 Å². The fourth-order valence-electron chi connectivity index (χ4n) is 10.1. The molecule has 0 aliphatic carbocycles. The summed E-state index contributed by atoms with van der Waals surface area (Å²) in [5, 5.41) is 9.04. The van der Waals surface area contributed by atoms with Crippen molar-refractivity contribution in [3.63, 3.8) is 0 Å². The first kappa shape index (κ1) is 35.2. The minimum absolute atomic E-state index is 0.599. The van der Waals surface area contributed by atoms with Gasteiger partial charge in [-0.2, -0.15) is 0 Å². The van der Waals surface area contributed by atoms with E-state index in [2.05, 4.69) is 185 Å². The van der Waals surface area contributed by atoms with Gasteiger partial charge >= 0.3 is 0 Å². The normalized spacial score (nSPS) is 12.1. The van der Waals surface area contributed by atoms with Crippen molar-refractivity contribution in [2.75, 3.05) is 0 Å². The molecule has 7 heteroatoms. The van der Waals surface area contributed by atoms with Crippen molar-refractivity contribution in [3.8, 4) is 45.5 Å². The van der Waals surface area contributed by atoms with Gasteiger partial charge < -0.3 is 13.6 Å². The van der Waals surface area contributed by atoms with Gasteiger partial charge in [-0.1, -0.05) is 127 Å². The summed E-state index contributed by atoms with van der Waals surface area (Å²) in [5.41, 5.74) is 11.2. The van der Waals surface area contributed by atoms with E-state index < -0.39 is 0 Å². The molecule has 0 N–H and O–H groups in total. The molecular weight excluding hydrogens is 803 g/mol. The molecule has 0 aliphatic heterocycles. The molecule has 5 heterocycles. The Morgan fingerprint density at radius 3 is 1.81 bits per heavy atom. The van der Waals surface area contributed by atoms with Gasteiger partial charge in [0.25, 0.3) is 0 Å². The van der Waals surface area contributed by atoms with Crippen molar-refractivity contribution >= 4 is 97.1 Å². The van der Waals surface area contributed by atoms with E-state index in [-0.39, 0.29) is 0 Å². The van der Waals surface area contributed by atoms with E-state index in [0.29, 0.717) is 17.5 Å². The molecule has 0 saturated carbocycles. The van der Waals surface area contributed by atoms with E-state index in [9.17, 15) is 0 Å². The zero-order valence-corrected chi connectivity index (χ0v) is 34.9. The third-order valence-corrected chi connectivity index (χ3v) is 13.9. The van der Waals surface area contributed by atoms with Crippen molar-refractivity contribution in [3.05, 3.63) is 200 Å². The van der Waals surface area contributed by atoms with Gasteiger partial charge in [0, 0.05) is 74.9 Å². The fourth-order valence-corrected chi connectivity index (χ4v) is 11.2. The smallest absolute Gasteiger partial charge is 0.164 e. The van der Waals surface area contributed by atoms with E-state index in [4.69, 9.17) is 19.4 Å². The number of hydrogen-bond donors (Lipinski definition) is 0. The molecule has 5 aromatic heterocycles. The lowest BCUT2D eigenvalue weighted by Gasteiger charge is -2.14. The molecule has 0 bridgehead atoms. The van der Waals surface area contributed by atoms with Crippen molar-refractivity contribution < 1.29 is 4.42 Å². The maximum atomic E-state index is 6.26. The van der Waals surface area contributed by atoms with Crippen LogP contribution in [0.5, 0.6) is 0 Å². The average Bonchev–Trinajstić information content (AvgIpc) is 4.12. The third-order valence-electron chi connectivity index (χ3n) is 12.8.